The highest BCUT2D eigenvalue weighted by Crippen LogP contribution is 2.21. The number of hydrogen-bond donors (Lipinski definition) is 1. The zero-order valence-corrected chi connectivity index (χ0v) is 11.9. The summed E-state index contributed by atoms with van der Waals surface area (Å²) in [5.74, 6) is 2.07. The Bertz CT molecular complexity index is 578. The fourth-order valence-corrected chi connectivity index (χ4v) is 2.24. The number of rotatable bonds is 5. The van der Waals surface area contributed by atoms with E-state index in [0.29, 0.717) is 6.04 Å². The SMILES string of the molecule is Cc1cc(Cn2cnc(C)c2C)oc1CNC1CC1. The number of furan rings is 1. The van der Waals surface area contributed by atoms with Crippen LogP contribution in [0.25, 0.3) is 0 Å². The second kappa shape index (κ2) is 4.85. The molecule has 2 aromatic rings. The van der Waals surface area contributed by atoms with E-state index in [4.69, 9.17) is 4.42 Å². The van der Waals surface area contributed by atoms with Gasteiger partial charge in [0.25, 0.3) is 0 Å². The van der Waals surface area contributed by atoms with Crippen molar-refractivity contribution in [2.45, 2.75) is 52.7 Å². The largest absolute Gasteiger partial charge is 0.463 e. The summed E-state index contributed by atoms with van der Waals surface area (Å²) in [6, 6.07) is 2.85. The van der Waals surface area contributed by atoms with Crippen LogP contribution in [0.1, 0.15) is 41.3 Å². The van der Waals surface area contributed by atoms with E-state index in [2.05, 4.69) is 34.8 Å². The van der Waals surface area contributed by atoms with Gasteiger partial charge in [0.2, 0.25) is 0 Å². The molecule has 0 atom stereocenters. The smallest absolute Gasteiger partial charge is 0.124 e. The van der Waals surface area contributed by atoms with Crippen LogP contribution < -0.4 is 5.32 Å². The van der Waals surface area contributed by atoms with Gasteiger partial charge in [-0.25, -0.2) is 4.98 Å². The second-order valence-corrected chi connectivity index (χ2v) is 5.52. The van der Waals surface area contributed by atoms with Crippen LogP contribution in [0.3, 0.4) is 0 Å². The first kappa shape index (κ1) is 12.5. The standard InChI is InChI=1S/C15H21N3O/c1-10-6-14(8-18-9-17-11(2)12(18)3)19-15(10)7-16-13-4-5-13/h6,9,13,16H,4-5,7-8H2,1-3H3. The lowest BCUT2D eigenvalue weighted by Crippen LogP contribution is -2.15. The average Bonchev–Trinajstić information content (AvgIpc) is 3.08. The number of hydrogen-bond acceptors (Lipinski definition) is 3. The fraction of sp³-hybridized carbons (Fsp3) is 0.533. The quantitative estimate of drug-likeness (QED) is 0.897. The lowest BCUT2D eigenvalue weighted by molar-refractivity contribution is 0.434. The Morgan fingerprint density at radius 2 is 2.16 bits per heavy atom. The molecule has 1 aliphatic carbocycles. The first-order chi connectivity index (χ1) is 9.13. The summed E-state index contributed by atoms with van der Waals surface area (Å²) in [7, 11) is 0. The zero-order chi connectivity index (χ0) is 13.4. The van der Waals surface area contributed by atoms with Crippen molar-refractivity contribution in [2.75, 3.05) is 0 Å². The van der Waals surface area contributed by atoms with E-state index in [1.165, 1.54) is 24.1 Å². The summed E-state index contributed by atoms with van der Waals surface area (Å²) < 4.78 is 8.08. The molecule has 0 aromatic carbocycles. The summed E-state index contributed by atoms with van der Waals surface area (Å²) in [4.78, 5) is 4.32. The monoisotopic (exact) mass is 259 g/mol. The molecule has 1 fully saturated rings. The maximum Gasteiger partial charge on any atom is 0.124 e. The highest BCUT2D eigenvalue weighted by atomic mass is 16.3. The zero-order valence-electron chi connectivity index (χ0n) is 11.9. The molecule has 2 aromatic heterocycles. The molecular formula is C15H21N3O. The number of nitrogens with one attached hydrogen (secondary N) is 1. The molecule has 2 heterocycles. The molecule has 0 amide bonds. The van der Waals surface area contributed by atoms with Crippen molar-refractivity contribution in [2.24, 2.45) is 0 Å². The molecule has 4 nitrogen and oxygen atoms in total. The first-order valence-electron chi connectivity index (χ1n) is 6.93. The Kier molecular flexibility index (Phi) is 3.19. The summed E-state index contributed by atoms with van der Waals surface area (Å²) in [6.45, 7) is 7.84. The van der Waals surface area contributed by atoms with Gasteiger partial charge in [0.15, 0.2) is 0 Å². The van der Waals surface area contributed by atoms with Crippen LogP contribution in [0, 0.1) is 20.8 Å². The molecule has 4 heteroatoms. The Morgan fingerprint density at radius 3 is 2.79 bits per heavy atom. The van der Waals surface area contributed by atoms with Crippen molar-refractivity contribution in [3.8, 4) is 0 Å². The Balaban J connectivity index is 1.70. The number of imidazole rings is 1. The number of aryl methyl sites for hydroxylation is 2. The molecule has 0 aliphatic heterocycles. The van der Waals surface area contributed by atoms with Gasteiger partial charge >= 0.3 is 0 Å². The van der Waals surface area contributed by atoms with E-state index in [1.54, 1.807) is 0 Å². The minimum atomic E-state index is 0.714. The highest BCUT2D eigenvalue weighted by molar-refractivity contribution is 5.21. The van der Waals surface area contributed by atoms with E-state index >= 15 is 0 Å². The van der Waals surface area contributed by atoms with Crippen LogP contribution in [-0.2, 0) is 13.1 Å². The van der Waals surface area contributed by atoms with Gasteiger partial charge in [0.05, 0.1) is 25.1 Å². The Morgan fingerprint density at radius 1 is 1.37 bits per heavy atom. The van der Waals surface area contributed by atoms with Crippen LogP contribution in [0.5, 0.6) is 0 Å². The summed E-state index contributed by atoms with van der Waals surface area (Å²) in [6.07, 6.45) is 4.49. The van der Waals surface area contributed by atoms with Gasteiger partial charge in [-0.3, -0.25) is 0 Å². The normalized spacial score (nSPS) is 15.1. The molecule has 0 bridgehead atoms. The molecule has 3 rings (SSSR count). The van der Waals surface area contributed by atoms with Crippen molar-refractivity contribution < 1.29 is 4.42 Å². The summed E-state index contributed by atoms with van der Waals surface area (Å²) in [5, 5.41) is 3.49. The van der Waals surface area contributed by atoms with Gasteiger partial charge in [-0.2, -0.15) is 0 Å². The van der Waals surface area contributed by atoms with Gasteiger partial charge < -0.3 is 14.3 Å². The fourth-order valence-electron chi connectivity index (χ4n) is 2.24. The predicted octanol–water partition coefficient (Wildman–Crippen LogP) is 2.70. The molecule has 0 unspecified atom stereocenters. The van der Waals surface area contributed by atoms with Crippen LogP contribution in [0.4, 0.5) is 0 Å². The summed E-state index contributed by atoms with van der Waals surface area (Å²) >= 11 is 0. The molecule has 0 radical (unpaired) electrons. The van der Waals surface area contributed by atoms with Crippen LogP contribution >= 0.6 is 0 Å². The van der Waals surface area contributed by atoms with Gasteiger partial charge in [-0.05, 0) is 45.2 Å². The summed E-state index contributed by atoms with van der Waals surface area (Å²) in [5.41, 5.74) is 3.52. The van der Waals surface area contributed by atoms with Crippen LogP contribution in [0.2, 0.25) is 0 Å². The van der Waals surface area contributed by atoms with Crippen LogP contribution in [-0.4, -0.2) is 15.6 Å². The van der Waals surface area contributed by atoms with E-state index < -0.39 is 0 Å². The molecule has 1 saturated carbocycles. The van der Waals surface area contributed by atoms with Crippen molar-refractivity contribution >= 4 is 0 Å². The second-order valence-electron chi connectivity index (χ2n) is 5.52. The number of nitrogens with zero attached hydrogens (tertiary/aromatic N) is 2. The topological polar surface area (TPSA) is 43.0 Å². The third-order valence-electron chi connectivity index (χ3n) is 3.87. The molecule has 1 aliphatic rings. The minimum absolute atomic E-state index is 0.714. The van der Waals surface area contributed by atoms with Crippen molar-refractivity contribution in [3.63, 3.8) is 0 Å². The molecule has 1 N–H and O–H groups in total. The van der Waals surface area contributed by atoms with Gasteiger partial charge in [0.1, 0.15) is 11.5 Å². The molecule has 0 spiro atoms. The van der Waals surface area contributed by atoms with E-state index in [-0.39, 0.29) is 0 Å². The predicted molar refractivity (Wildman–Crippen MR) is 74.1 cm³/mol. The van der Waals surface area contributed by atoms with E-state index in [0.717, 1.165) is 30.3 Å². The third-order valence-corrected chi connectivity index (χ3v) is 3.87. The molecule has 19 heavy (non-hydrogen) atoms. The first-order valence-corrected chi connectivity index (χ1v) is 6.93. The van der Waals surface area contributed by atoms with Crippen molar-refractivity contribution in [1.29, 1.82) is 0 Å². The third kappa shape index (κ3) is 2.73. The number of aromatic nitrogens is 2. The van der Waals surface area contributed by atoms with Gasteiger partial charge in [-0.15, -0.1) is 0 Å². The van der Waals surface area contributed by atoms with E-state index in [1.807, 2.05) is 13.3 Å². The van der Waals surface area contributed by atoms with Crippen molar-refractivity contribution in [3.05, 3.63) is 40.9 Å². The Hall–Kier alpha value is -1.55. The minimum Gasteiger partial charge on any atom is -0.463 e. The molecule has 0 saturated heterocycles. The maximum absolute atomic E-state index is 5.95. The van der Waals surface area contributed by atoms with Gasteiger partial charge in [0, 0.05) is 11.7 Å². The van der Waals surface area contributed by atoms with Gasteiger partial charge in [-0.1, -0.05) is 0 Å². The Labute approximate surface area is 113 Å². The van der Waals surface area contributed by atoms with E-state index in [9.17, 15) is 0 Å². The molecular weight excluding hydrogens is 238 g/mol. The van der Waals surface area contributed by atoms with Crippen molar-refractivity contribution in [1.82, 2.24) is 14.9 Å². The van der Waals surface area contributed by atoms with Crippen LogP contribution in [0.15, 0.2) is 16.8 Å². The average molecular weight is 259 g/mol. The molecule has 102 valence electrons. The lowest BCUT2D eigenvalue weighted by Gasteiger charge is -2.03. The highest BCUT2D eigenvalue weighted by Gasteiger charge is 2.21. The lowest BCUT2D eigenvalue weighted by atomic mass is 10.2. The maximum atomic E-state index is 5.95.